The lowest BCUT2D eigenvalue weighted by Crippen LogP contribution is -2.01. The zero-order chi connectivity index (χ0) is 12.5. The summed E-state index contributed by atoms with van der Waals surface area (Å²) in [6, 6.07) is 15.5. The number of fused-ring (bicyclic) bond motifs is 1. The van der Waals surface area contributed by atoms with Crippen molar-refractivity contribution in [3.8, 4) is 0 Å². The van der Waals surface area contributed by atoms with Gasteiger partial charge in [0.25, 0.3) is 0 Å². The molecule has 0 spiro atoms. The zero-order valence-electron chi connectivity index (χ0n) is 10.0. The van der Waals surface area contributed by atoms with Gasteiger partial charge in [0.15, 0.2) is 5.76 Å². The fraction of sp³-hybridized carbons (Fsp3) is 0.0625. The van der Waals surface area contributed by atoms with Crippen molar-refractivity contribution < 1.29 is 9.21 Å². The van der Waals surface area contributed by atoms with E-state index >= 15 is 0 Å². The van der Waals surface area contributed by atoms with Gasteiger partial charge in [-0.05, 0) is 35.4 Å². The highest BCUT2D eigenvalue weighted by Crippen LogP contribution is 2.20. The summed E-state index contributed by atoms with van der Waals surface area (Å²) in [7, 11) is 0. The fourth-order valence-electron chi connectivity index (χ4n) is 2.07. The molecule has 1 heterocycles. The minimum Gasteiger partial charge on any atom is -0.461 e. The third kappa shape index (κ3) is 1.72. The third-order valence-electron chi connectivity index (χ3n) is 3.08. The normalized spacial score (nSPS) is 10.7. The largest absolute Gasteiger partial charge is 0.461 e. The Hall–Kier alpha value is -2.35. The van der Waals surface area contributed by atoms with Crippen LogP contribution in [0.4, 0.5) is 0 Å². The summed E-state index contributed by atoms with van der Waals surface area (Å²) in [5.41, 5.74) is 1.53. The summed E-state index contributed by atoms with van der Waals surface area (Å²) in [5, 5.41) is 2.19. The van der Waals surface area contributed by atoms with Crippen molar-refractivity contribution >= 4 is 16.6 Å². The molecule has 2 nitrogen and oxygen atoms in total. The number of furan rings is 1. The molecule has 0 aliphatic rings. The third-order valence-corrected chi connectivity index (χ3v) is 3.08. The first-order valence-electron chi connectivity index (χ1n) is 5.83. The molecule has 0 N–H and O–H groups in total. The number of ketones is 1. The van der Waals surface area contributed by atoms with E-state index in [1.165, 1.54) is 0 Å². The maximum Gasteiger partial charge on any atom is 0.228 e. The molecular weight excluding hydrogens is 224 g/mol. The van der Waals surface area contributed by atoms with E-state index in [0.717, 1.165) is 16.3 Å². The summed E-state index contributed by atoms with van der Waals surface area (Å²) in [4.78, 5) is 12.3. The molecule has 0 aliphatic carbocycles. The highest BCUT2D eigenvalue weighted by atomic mass is 16.3. The Kier molecular flexibility index (Phi) is 2.49. The summed E-state index contributed by atoms with van der Waals surface area (Å²) in [6.07, 6.45) is 1.55. The van der Waals surface area contributed by atoms with Gasteiger partial charge in [-0.1, -0.05) is 36.4 Å². The first kappa shape index (κ1) is 10.8. The zero-order valence-corrected chi connectivity index (χ0v) is 10.0. The van der Waals surface area contributed by atoms with Gasteiger partial charge in [0.05, 0.1) is 6.26 Å². The minimum atomic E-state index is -0.0664. The van der Waals surface area contributed by atoms with Crippen LogP contribution < -0.4 is 0 Å². The Morgan fingerprint density at radius 3 is 2.50 bits per heavy atom. The van der Waals surface area contributed by atoms with Crippen LogP contribution in [0.2, 0.25) is 0 Å². The number of carbonyl (C=O) groups excluding carboxylic acids is 1. The maximum atomic E-state index is 12.3. The summed E-state index contributed by atoms with van der Waals surface area (Å²) >= 11 is 0. The highest BCUT2D eigenvalue weighted by molar-refractivity contribution is 6.09. The van der Waals surface area contributed by atoms with E-state index in [1.54, 1.807) is 12.3 Å². The molecule has 0 radical (unpaired) electrons. The number of rotatable bonds is 2. The predicted octanol–water partition coefficient (Wildman–Crippen LogP) is 3.97. The van der Waals surface area contributed by atoms with Gasteiger partial charge in [-0.2, -0.15) is 0 Å². The molecule has 88 valence electrons. The SMILES string of the molecule is Cc1ccoc1C(=O)c1ccc2ccccc2c1. The molecule has 3 aromatic rings. The van der Waals surface area contributed by atoms with Gasteiger partial charge < -0.3 is 4.42 Å². The van der Waals surface area contributed by atoms with Gasteiger partial charge in [-0.3, -0.25) is 4.79 Å². The van der Waals surface area contributed by atoms with Gasteiger partial charge >= 0.3 is 0 Å². The first-order valence-corrected chi connectivity index (χ1v) is 5.83. The van der Waals surface area contributed by atoms with Gasteiger partial charge in [0.2, 0.25) is 5.78 Å². The molecular formula is C16H12O2. The van der Waals surface area contributed by atoms with Crippen LogP contribution in [0.3, 0.4) is 0 Å². The molecule has 0 saturated carbocycles. The van der Waals surface area contributed by atoms with E-state index < -0.39 is 0 Å². The standard InChI is InChI=1S/C16H12O2/c1-11-8-9-18-16(11)15(17)14-7-6-12-4-2-3-5-13(12)10-14/h2-10H,1H3. The predicted molar refractivity (Wildman–Crippen MR) is 70.8 cm³/mol. The minimum absolute atomic E-state index is 0.0664. The van der Waals surface area contributed by atoms with Crippen molar-refractivity contribution in [1.82, 2.24) is 0 Å². The highest BCUT2D eigenvalue weighted by Gasteiger charge is 2.15. The van der Waals surface area contributed by atoms with Gasteiger partial charge in [0.1, 0.15) is 0 Å². The lowest BCUT2D eigenvalue weighted by Gasteiger charge is -2.02. The van der Waals surface area contributed by atoms with E-state index in [1.807, 2.05) is 49.4 Å². The maximum absolute atomic E-state index is 12.3. The number of hydrogen-bond donors (Lipinski definition) is 0. The molecule has 2 heteroatoms. The van der Waals surface area contributed by atoms with Crippen molar-refractivity contribution in [2.75, 3.05) is 0 Å². The fourth-order valence-corrected chi connectivity index (χ4v) is 2.07. The molecule has 2 aromatic carbocycles. The topological polar surface area (TPSA) is 30.2 Å². The summed E-state index contributed by atoms with van der Waals surface area (Å²) < 4.78 is 5.24. The van der Waals surface area contributed by atoms with Gasteiger partial charge in [-0.25, -0.2) is 0 Å². The van der Waals surface area contributed by atoms with Crippen molar-refractivity contribution in [3.05, 3.63) is 71.7 Å². The number of carbonyl (C=O) groups is 1. The Bertz CT molecular complexity index is 723. The molecule has 1 aromatic heterocycles. The number of aryl methyl sites for hydroxylation is 1. The van der Waals surface area contributed by atoms with Crippen molar-refractivity contribution in [2.24, 2.45) is 0 Å². The average Bonchev–Trinajstić information content (AvgIpc) is 2.83. The van der Waals surface area contributed by atoms with E-state index in [0.29, 0.717) is 11.3 Å². The van der Waals surface area contributed by atoms with Crippen LogP contribution >= 0.6 is 0 Å². The van der Waals surface area contributed by atoms with Crippen LogP contribution in [0.15, 0.2) is 59.2 Å². The second-order valence-electron chi connectivity index (χ2n) is 4.32. The second kappa shape index (κ2) is 4.15. The van der Waals surface area contributed by atoms with Crippen LogP contribution in [0.25, 0.3) is 10.8 Å². The van der Waals surface area contributed by atoms with Crippen LogP contribution in [-0.2, 0) is 0 Å². The lowest BCUT2D eigenvalue weighted by molar-refractivity contribution is 0.101. The molecule has 0 unspecified atom stereocenters. The van der Waals surface area contributed by atoms with Crippen LogP contribution in [0, 0.1) is 6.92 Å². The van der Waals surface area contributed by atoms with Crippen LogP contribution in [0.1, 0.15) is 21.7 Å². The smallest absolute Gasteiger partial charge is 0.228 e. The quantitative estimate of drug-likeness (QED) is 0.630. The van der Waals surface area contributed by atoms with Gasteiger partial charge in [0, 0.05) is 5.56 Å². The Morgan fingerprint density at radius 1 is 1.00 bits per heavy atom. The molecule has 0 saturated heterocycles. The molecule has 0 aliphatic heterocycles. The van der Waals surface area contributed by atoms with Crippen molar-refractivity contribution in [3.63, 3.8) is 0 Å². The van der Waals surface area contributed by atoms with Crippen LogP contribution in [-0.4, -0.2) is 5.78 Å². The van der Waals surface area contributed by atoms with Crippen LogP contribution in [0.5, 0.6) is 0 Å². The summed E-state index contributed by atoms with van der Waals surface area (Å²) in [6.45, 7) is 1.87. The van der Waals surface area contributed by atoms with Gasteiger partial charge in [-0.15, -0.1) is 0 Å². The lowest BCUT2D eigenvalue weighted by atomic mass is 10.0. The molecule has 18 heavy (non-hydrogen) atoms. The first-order chi connectivity index (χ1) is 8.75. The molecule has 3 rings (SSSR count). The van der Waals surface area contributed by atoms with E-state index in [-0.39, 0.29) is 5.78 Å². The Balaban J connectivity index is 2.10. The summed E-state index contributed by atoms with van der Waals surface area (Å²) in [5.74, 6) is 0.355. The van der Waals surface area contributed by atoms with E-state index in [2.05, 4.69) is 0 Å². The molecule has 0 atom stereocenters. The second-order valence-corrected chi connectivity index (χ2v) is 4.32. The van der Waals surface area contributed by atoms with Crippen molar-refractivity contribution in [1.29, 1.82) is 0 Å². The van der Waals surface area contributed by atoms with E-state index in [4.69, 9.17) is 4.42 Å². The number of hydrogen-bond acceptors (Lipinski definition) is 2. The molecule has 0 fully saturated rings. The monoisotopic (exact) mass is 236 g/mol. The molecule has 0 amide bonds. The van der Waals surface area contributed by atoms with E-state index in [9.17, 15) is 4.79 Å². The van der Waals surface area contributed by atoms with Crippen molar-refractivity contribution in [2.45, 2.75) is 6.92 Å². The average molecular weight is 236 g/mol. The molecule has 0 bridgehead atoms. The number of benzene rings is 2. The Labute approximate surface area is 105 Å². The Morgan fingerprint density at radius 2 is 1.78 bits per heavy atom.